The van der Waals surface area contributed by atoms with Crippen molar-refractivity contribution in [2.24, 2.45) is 0 Å². The van der Waals surface area contributed by atoms with Gasteiger partial charge in [0.25, 0.3) is 0 Å². The number of carbonyl (C=O) groups is 1. The van der Waals surface area contributed by atoms with E-state index in [9.17, 15) is 18.0 Å². The van der Waals surface area contributed by atoms with E-state index in [4.69, 9.17) is 37.7 Å². The summed E-state index contributed by atoms with van der Waals surface area (Å²) in [6.45, 7) is 0.533. The average Bonchev–Trinajstić information content (AvgIpc) is 3.40. The summed E-state index contributed by atoms with van der Waals surface area (Å²) in [5, 5.41) is 1.04. The van der Waals surface area contributed by atoms with Crippen LogP contribution in [0.4, 0.5) is 13.2 Å². The van der Waals surface area contributed by atoms with Crippen molar-refractivity contribution in [3.8, 4) is 28.1 Å². The maximum atomic E-state index is 12.3. The lowest BCUT2D eigenvalue weighted by Crippen LogP contribution is -2.09. The first-order chi connectivity index (χ1) is 21.6. The lowest BCUT2D eigenvalue weighted by molar-refractivity contribution is -0.136. The summed E-state index contributed by atoms with van der Waals surface area (Å²) < 4.78 is 49.4. The Kier molecular flexibility index (Phi) is 10.2. The molecular weight excluding hydrogens is 624 g/mol. The number of hydrogen-bond acceptors (Lipinski definition) is 4. The number of carbonyl (C=O) groups excluding carboxylic acids is 1. The first kappa shape index (κ1) is 32.1. The number of nitrogens with zero attached hydrogens (tertiary/aromatic N) is 2. The molecule has 10 heteroatoms. The minimum absolute atomic E-state index is 0.00799. The van der Waals surface area contributed by atoms with Crippen LogP contribution in [-0.2, 0) is 17.7 Å². The Morgan fingerprint density at radius 3 is 2.13 bits per heavy atom. The lowest BCUT2D eigenvalue weighted by atomic mass is 10.0. The Morgan fingerprint density at radius 2 is 1.51 bits per heavy atom. The van der Waals surface area contributed by atoms with Crippen LogP contribution in [0.5, 0.6) is 5.75 Å². The molecule has 5 rings (SSSR count). The summed E-state index contributed by atoms with van der Waals surface area (Å²) in [4.78, 5) is 16.8. The fourth-order valence-electron chi connectivity index (χ4n) is 4.82. The van der Waals surface area contributed by atoms with E-state index in [0.29, 0.717) is 34.3 Å². The molecule has 0 amide bonds. The Balaban J connectivity index is 1.32. The average molecular weight is 654 g/mol. The second-order valence-electron chi connectivity index (χ2n) is 10.4. The summed E-state index contributed by atoms with van der Waals surface area (Å²) in [6, 6.07) is 28.0. The highest BCUT2D eigenvalue weighted by Crippen LogP contribution is 2.31. The second-order valence-corrected chi connectivity index (χ2v) is 11.3. The molecular formula is C35H29Cl2F3N2O3. The number of alkyl halides is 3. The van der Waals surface area contributed by atoms with Crippen molar-refractivity contribution in [3.05, 3.63) is 130 Å². The molecule has 0 atom stereocenters. The largest absolute Gasteiger partial charge is 0.494 e. The molecule has 1 aromatic heterocycles. The van der Waals surface area contributed by atoms with Crippen molar-refractivity contribution < 1.29 is 27.4 Å². The zero-order valence-electron chi connectivity index (χ0n) is 24.3. The number of esters is 1. The van der Waals surface area contributed by atoms with Crippen molar-refractivity contribution in [2.75, 3.05) is 13.7 Å². The standard InChI is InChI=1S/C35H29Cl2F3N2O3/c1-44-34(43)27-9-5-24(6-10-27)21-42-22-32(30-16-13-28(36)20-31(30)37)41-33(42)19-23-3-7-25(8-4-23)26-11-14-29(15-12-26)45-18-2-17-35(38,39)40/h3-16,20,22H,2,17-19,21H2,1H3. The predicted octanol–water partition coefficient (Wildman–Crippen LogP) is 9.67. The first-order valence-electron chi connectivity index (χ1n) is 14.2. The van der Waals surface area contributed by atoms with Crippen LogP contribution in [0, 0.1) is 0 Å². The molecule has 5 aromatic rings. The van der Waals surface area contributed by atoms with Gasteiger partial charge in [-0.3, -0.25) is 0 Å². The molecule has 0 unspecified atom stereocenters. The van der Waals surface area contributed by atoms with Gasteiger partial charge in [-0.15, -0.1) is 0 Å². The first-order valence-corrected chi connectivity index (χ1v) is 14.9. The van der Waals surface area contributed by atoms with E-state index in [2.05, 4.69) is 4.57 Å². The van der Waals surface area contributed by atoms with Crippen LogP contribution in [0.25, 0.3) is 22.4 Å². The van der Waals surface area contributed by atoms with E-state index in [-0.39, 0.29) is 13.0 Å². The van der Waals surface area contributed by atoms with Gasteiger partial charge in [-0.1, -0.05) is 71.7 Å². The van der Waals surface area contributed by atoms with Crippen molar-refractivity contribution in [1.29, 1.82) is 0 Å². The number of methoxy groups -OCH3 is 1. The van der Waals surface area contributed by atoms with Crippen LogP contribution in [-0.4, -0.2) is 35.4 Å². The van der Waals surface area contributed by atoms with Gasteiger partial charge in [0.15, 0.2) is 0 Å². The molecule has 0 aliphatic heterocycles. The Bertz CT molecular complexity index is 1750. The highest BCUT2D eigenvalue weighted by molar-refractivity contribution is 6.36. The van der Waals surface area contributed by atoms with Crippen LogP contribution in [0.2, 0.25) is 10.0 Å². The van der Waals surface area contributed by atoms with E-state index >= 15 is 0 Å². The van der Waals surface area contributed by atoms with Crippen molar-refractivity contribution in [2.45, 2.75) is 32.0 Å². The van der Waals surface area contributed by atoms with Gasteiger partial charge in [-0.25, -0.2) is 9.78 Å². The molecule has 0 saturated carbocycles. The summed E-state index contributed by atoms with van der Waals surface area (Å²) >= 11 is 12.6. The van der Waals surface area contributed by atoms with E-state index in [1.165, 1.54) is 7.11 Å². The predicted molar refractivity (Wildman–Crippen MR) is 170 cm³/mol. The highest BCUT2D eigenvalue weighted by Gasteiger charge is 2.26. The topological polar surface area (TPSA) is 53.4 Å². The van der Waals surface area contributed by atoms with Gasteiger partial charge in [-0.2, -0.15) is 13.2 Å². The quantitative estimate of drug-likeness (QED) is 0.105. The van der Waals surface area contributed by atoms with E-state index < -0.39 is 18.6 Å². The summed E-state index contributed by atoms with van der Waals surface area (Å²) in [5.41, 5.74) is 5.94. The highest BCUT2D eigenvalue weighted by atomic mass is 35.5. The van der Waals surface area contributed by atoms with Crippen LogP contribution in [0.15, 0.2) is 97.2 Å². The van der Waals surface area contributed by atoms with Gasteiger partial charge >= 0.3 is 12.1 Å². The number of aromatic nitrogens is 2. The zero-order valence-corrected chi connectivity index (χ0v) is 25.8. The Labute approximate surface area is 269 Å². The Hall–Kier alpha value is -4.27. The number of rotatable bonds is 11. The molecule has 45 heavy (non-hydrogen) atoms. The Morgan fingerprint density at radius 1 is 0.867 bits per heavy atom. The number of halogens is 5. The fraction of sp³-hybridized carbons (Fsp3) is 0.200. The SMILES string of the molecule is COC(=O)c1ccc(Cn2cc(-c3ccc(Cl)cc3Cl)nc2Cc2ccc(-c3ccc(OCCCC(F)(F)F)cc3)cc2)cc1. The molecule has 5 nitrogen and oxygen atoms in total. The lowest BCUT2D eigenvalue weighted by Gasteiger charge is -2.10. The second kappa shape index (κ2) is 14.2. The third-order valence-corrected chi connectivity index (χ3v) is 7.72. The van der Waals surface area contributed by atoms with Crippen LogP contribution < -0.4 is 4.74 Å². The molecule has 0 aliphatic rings. The van der Waals surface area contributed by atoms with Gasteiger partial charge in [0, 0.05) is 36.2 Å². The van der Waals surface area contributed by atoms with Crippen LogP contribution >= 0.6 is 23.2 Å². The molecule has 0 saturated heterocycles. The molecule has 232 valence electrons. The molecule has 0 bridgehead atoms. The zero-order chi connectivity index (χ0) is 32.0. The van der Waals surface area contributed by atoms with Crippen LogP contribution in [0.3, 0.4) is 0 Å². The molecule has 0 spiro atoms. The number of imidazole rings is 1. The van der Waals surface area contributed by atoms with Crippen molar-refractivity contribution >= 4 is 29.2 Å². The van der Waals surface area contributed by atoms with E-state index in [1.807, 2.05) is 60.8 Å². The van der Waals surface area contributed by atoms with Gasteiger partial charge < -0.3 is 14.0 Å². The van der Waals surface area contributed by atoms with Gasteiger partial charge in [0.05, 0.1) is 30.0 Å². The van der Waals surface area contributed by atoms with E-state index in [0.717, 1.165) is 39.3 Å². The monoisotopic (exact) mass is 652 g/mol. The van der Waals surface area contributed by atoms with Crippen LogP contribution in [0.1, 0.15) is 40.2 Å². The molecule has 0 radical (unpaired) electrons. The maximum Gasteiger partial charge on any atom is 0.389 e. The van der Waals surface area contributed by atoms with Gasteiger partial charge in [-0.05, 0) is 71.1 Å². The summed E-state index contributed by atoms with van der Waals surface area (Å²) in [7, 11) is 1.35. The summed E-state index contributed by atoms with van der Waals surface area (Å²) in [5.74, 6) is 0.964. The number of ether oxygens (including phenoxy) is 2. The number of benzene rings is 4. The molecule has 0 aliphatic carbocycles. The normalized spacial score (nSPS) is 11.4. The van der Waals surface area contributed by atoms with Crippen molar-refractivity contribution in [3.63, 3.8) is 0 Å². The summed E-state index contributed by atoms with van der Waals surface area (Å²) in [6.07, 6.45) is -2.61. The minimum Gasteiger partial charge on any atom is -0.494 e. The molecule has 4 aromatic carbocycles. The third-order valence-electron chi connectivity index (χ3n) is 7.17. The smallest absolute Gasteiger partial charge is 0.389 e. The van der Waals surface area contributed by atoms with Gasteiger partial charge in [0.2, 0.25) is 0 Å². The van der Waals surface area contributed by atoms with E-state index in [1.54, 1.807) is 36.4 Å². The molecule has 0 fully saturated rings. The number of hydrogen-bond donors (Lipinski definition) is 0. The maximum absolute atomic E-state index is 12.3. The van der Waals surface area contributed by atoms with Gasteiger partial charge in [0.1, 0.15) is 11.6 Å². The minimum atomic E-state index is -4.18. The third kappa shape index (κ3) is 8.68. The molecule has 1 heterocycles. The fourth-order valence-corrected chi connectivity index (χ4v) is 5.33. The molecule has 0 N–H and O–H groups in total. The van der Waals surface area contributed by atoms with Crippen molar-refractivity contribution in [1.82, 2.24) is 9.55 Å².